The Balaban J connectivity index is 1.95. The molecule has 1 nitrogen and oxygen atoms in total. The van der Waals surface area contributed by atoms with Crippen LogP contribution in [0.25, 0.3) is 10.8 Å². The van der Waals surface area contributed by atoms with Gasteiger partial charge >= 0.3 is 0 Å². The molecule has 20 heavy (non-hydrogen) atoms. The Morgan fingerprint density at radius 2 is 1.40 bits per heavy atom. The van der Waals surface area contributed by atoms with E-state index in [1.165, 1.54) is 27.5 Å². The van der Waals surface area contributed by atoms with Crippen LogP contribution in [0.15, 0.2) is 60.7 Å². The molecule has 0 bridgehead atoms. The molecule has 0 saturated carbocycles. The molecule has 0 saturated heterocycles. The van der Waals surface area contributed by atoms with Crippen molar-refractivity contribution in [1.29, 1.82) is 0 Å². The van der Waals surface area contributed by atoms with Gasteiger partial charge in [-0.3, -0.25) is 0 Å². The first-order valence-electron chi connectivity index (χ1n) is 7.08. The van der Waals surface area contributed by atoms with E-state index in [-0.39, 0.29) is 0 Å². The smallest absolute Gasteiger partial charge is 0.0833 e. The molecular weight excluding hydrogens is 244 g/mol. The molecule has 3 aromatic rings. The van der Waals surface area contributed by atoms with E-state index >= 15 is 0 Å². The van der Waals surface area contributed by atoms with E-state index in [9.17, 15) is 5.11 Å². The van der Waals surface area contributed by atoms with Gasteiger partial charge in [0.05, 0.1) is 6.10 Å². The summed E-state index contributed by atoms with van der Waals surface area (Å²) < 4.78 is 0. The molecule has 1 aliphatic rings. The van der Waals surface area contributed by atoms with Crippen LogP contribution in [0.5, 0.6) is 0 Å². The van der Waals surface area contributed by atoms with Crippen molar-refractivity contribution in [2.45, 2.75) is 18.9 Å². The zero-order chi connectivity index (χ0) is 13.5. The molecule has 0 aliphatic heterocycles. The lowest BCUT2D eigenvalue weighted by atomic mass is 9.95. The summed E-state index contributed by atoms with van der Waals surface area (Å²) in [6.45, 7) is 0. The first kappa shape index (κ1) is 11.7. The van der Waals surface area contributed by atoms with Crippen LogP contribution in [-0.4, -0.2) is 5.11 Å². The molecule has 0 spiro atoms. The second kappa shape index (κ2) is 4.46. The first-order chi connectivity index (χ1) is 9.81. The van der Waals surface area contributed by atoms with Gasteiger partial charge in [-0.2, -0.15) is 0 Å². The van der Waals surface area contributed by atoms with Crippen molar-refractivity contribution in [2.24, 2.45) is 0 Å². The summed E-state index contributed by atoms with van der Waals surface area (Å²) in [5, 5.41) is 13.0. The van der Waals surface area contributed by atoms with Crippen molar-refractivity contribution in [3.05, 3.63) is 82.9 Å². The predicted octanol–water partition coefficient (Wildman–Crippen LogP) is 4.02. The molecule has 1 aliphatic carbocycles. The van der Waals surface area contributed by atoms with Gasteiger partial charge in [-0.15, -0.1) is 0 Å². The van der Waals surface area contributed by atoms with Crippen LogP contribution in [0.2, 0.25) is 0 Å². The van der Waals surface area contributed by atoms with E-state index in [1.54, 1.807) is 0 Å². The molecule has 1 atom stereocenters. The van der Waals surface area contributed by atoms with E-state index < -0.39 is 6.10 Å². The lowest BCUT2D eigenvalue weighted by molar-refractivity contribution is 0.179. The summed E-state index contributed by atoms with van der Waals surface area (Å²) >= 11 is 0. The Bertz CT molecular complexity index is 789. The van der Waals surface area contributed by atoms with Crippen molar-refractivity contribution in [3.63, 3.8) is 0 Å². The summed E-state index contributed by atoms with van der Waals surface area (Å²) in [5.74, 6) is 0. The molecule has 0 heterocycles. The average molecular weight is 260 g/mol. The minimum atomic E-state index is -0.404. The second-order valence-electron chi connectivity index (χ2n) is 5.56. The Hall–Kier alpha value is -2.12. The van der Waals surface area contributed by atoms with E-state index in [2.05, 4.69) is 54.6 Å². The van der Waals surface area contributed by atoms with Crippen molar-refractivity contribution >= 4 is 10.8 Å². The molecule has 1 unspecified atom stereocenters. The number of aliphatic hydroxyl groups excluding tert-OH is 1. The van der Waals surface area contributed by atoms with Crippen LogP contribution in [0.4, 0.5) is 0 Å². The Morgan fingerprint density at radius 3 is 2.20 bits per heavy atom. The van der Waals surface area contributed by atoms with Gasteiger partial charge in [0.1, 0.15) is 0 Å². The van der Waals surface area contributed by atoms with Gasteiger partial charge in [0.2, 0.25) is 0 Å². The maximum Gasteiger partial charge on any atom is 0.0833 e. The van der Waals surface area contributed by atoms with Crippen LogP contribution in [0.3, 0.4) is 0 Å². The molecule has 1 heteroatoms. The Labute approximate surface area is 118 Å². The largest absolute Gasteiger partial charge is 0.388 e. The summed E-state index contributed by atoms with van der Waals surface area (Å²) in [6.07, 6.45) is 1.22. The Morgan fingerprint density at radius 1 is 0.750 bits per heavy atom. The van der Waals surface area contributed by atoms with Gasteiger partial charge < -0.3 is 5.11 Å². The summed E-state index contributed by atoms with van der Waals surface area (Å²) in [4.78, 5) is 0. The quantitative estimate of drug-likeness (QED) is 0.647. The number of aliphatic hydroxyl groups is 1. The number of fused-ring (bicyclic) bond motifs is 3. The molecule has 1 N–H and O–H groups in total. The van der Waals surface area contributed by atoms with E-state index in [0.717, 1.165) is 12.0 Å². The van der Waals surface area contributed by atoms with Crippen molar-refractivity contribution in [3.8, 4) is 0 Å². The van der Waals surface area contributed by atoms with Crippen LogP contribution >= 0.6 is 0 Å². The monoisotopic (exact) mass is 260 g/mol. The van der Waals surface area contributed by atoms with Crippen LogP contribution in [0, 0.1) is 0 Å². The zero-order valence-corrected chi connectivity index (χ0v) is 11.2. The second-order valence-corrected chi connectivity index (χ2v) is 5.56. The highest BCUT2D eigenvalue weighted by Gasteiger charge is 2.20. The maximum absolute atomic E-state index is 10.5. The van der Waals surface area contributed by atoms with E-state index in [4.69, 9.17) is 0 Å². The topological polar surface area (TPSA) is 20.2 Å². The molecule has 0 aromatic heterocycles. The van der Waals surface area contributed by atoms with Gasteiger partial charge in [-0.25, -0.2) is 0 Å². The summed E-state index contributed by atoms with van der Waals surface area (Å²) in [5.41, 5.74) is 4.93. The normalized spacial score (nSPS) is 17.4. The molecule has 0 fully saturated rings. The van der Waals surface area contributed by atoms with Crippen molar-refractivity contribution in [1.82, 2.24) is 0 Å². The Kier molecular flexibility index (Phi) is 2.61. The highest BCUT2D eigenvalue weighted by Crippen LogP contribution is 2.33. The molecule has 3 aromatic carbocycles. The van der Waals surface area contributed by atoms with Gasteiger partial charge in [0.15, 0.2) is 0 Å². The van der Waals surface area contributed by atoms with Gasteiger partial charge in [0.25, 0.3) is 0 Å². The van der Waals surface area contributed by atoms with Crippen LogP contribution < -0.4 is 0 Å². The molecule has 4 rings (SSSR count). The third-order valence-electron chi connectivity index (χ3n) is 4.28. The standard InChI is InChI=1S/C19H16O/c20-19-12-16-8-4-2-6-14(16)10-17-9-13-5-1-3-7-15(13)11-18(17)19/h1-9,11,19-20H,10,12H2. The summed E-state index contributed by atoms with van der Waals surface area (Å²) in [6, 6.07) is 21.2. The zero-order valence-electron chi connectivity index (χ0n) is 11.2. The minimum Gasteiger partial charge on any atom is -0.388 e. The number of hydrogen-bond donors (Lipinski definition) is 1. The fraction of sp³-hybridized carbons (Fsp3) is 0.158. The number of rotatable bonds is 0. The fourth-order valence-corrected chi connectivity index (χ4v) is 3.22. The highest BCUT2D eigenvalue weighted by molar-refractivity contribution is 5.84. The lowest BCUT2D eigenvalue weighted by Gasteiger charge is -2.13. The van der Waals surface area contributed by atoms with Crippen LogP contribution in [-0.2, 0) is 12.8 Å². The SMILES string of the molecule is OC1Cc2ccccc2Cc2cc3ccccc3cc21. The van der Waals surface area contributed by atoms with Crippen molar-refractivity contribution < 1.29 is 5.11 Å². The molecule has 98 valence electrons. The predicted molar refractivity (Wildman–Crippen MR) is 81.9 cm³/mol. The molecule has 0 amide bonds. The van der Waals surface area contributed by atoms with Gasteiger partial charge in [-0.1, -0.05) is 54.6 Å². The molecule has 0 radical (unpaired) electrons. The first-order valence-corrected chi connectivity index (χ1v) is 7.08. The lowest BCUT2D eigenvalue weighted by Crippen LogP contribution is -2.02. The van der Waals surface area contributed by atoms with Gasteiger partial charge in [0, 0.05) is 6.42 Å². The minimum absolute atomic E-state index is 0.404. The van der Waals surface area contributed by atoms with E-state index in [0.29, 0.717) is 6.42 Å². The number of hydrogen-bond acceptors (Lipinski definition) is 1. The van der Waals surface area contributed by atoms with E-state index in [1.807, 2.05) is 6.07 Å². The average Bonchev–Trinajstić information content (AvgIpc) is 2.61. The van der Waals surface area contributed by atoms with Crippen molar-refractivity contribution in [2.75, 3.05) is 0 Å². The van der Waals surface area contributed by atoms with Gasteiger partial charge in [-0.05, 0) is 45.5 Å². The molecular formula is C19H16O. The third-order valence-corrected chi connectivity index (χ3v) is 4.28. The van der Waals surface area contributed by atoms with Crippen LogP contribution in [0.1, 0.15) is 28.4 Å². The summed E-state index contributed by atoms with van der Waals surface area (Å²) in [7, 11) is 0. The number of benzene rings is 3. The maximum atomic E-state index is 10.5. The fourth-order valence-electron chi connectivity index (χ4n) is 3.22. The third kappa shape index (κ3) is 1.83. The highest BCUT2D eigenvalue weighted by atomic mass is 16.3.